The molecular formula is C7H11NO2. The lowest BCUT2D eigenvalue weighted by molar-refractivity contribution is -0.111. The van der Waals surface area contributed by atoms with Crippen LogP contribution in [0, 0.1) is 0 Å². The van der Waals surface area contributed by atoms with Gasteiger partial charge in [-0.1, -0.05) is 17.3 Å². The summed E-state index contributed by atoms with van der Waals surface area (Å²) in [5.41, 5.74) is 0.968. The molecule has 0 aromatic rings. The van der Waals surface area contributed by atoms with E-state index in [2.05, 4.69) is 11.7 Å². The van der Waals surface area contributed by atoms with Crippen LogP contribution in [0.5, 0.6) is 0 Å². The average molecular weight is 141 g/mol. The van der Waals surface area contributed by atoms with Crippen LogP contribution in [0.3, 0.4) is 0 Å². The zero-order valence-corrected chi connectivity index (χ0v) is 6.22. The van der Waals surface area contributed by atoms with Crippen molar-refractivity contribution in [2.45, 2.75) is 20.3 Å². The monoisotopic (exact) mass is 141 g/mol. The van der Waals surface area contributed by atoms with Crippen molar-refractivity contribution >= 4 is 11.5 Å². The average Bonchev–Trinajstić information content (AvgIpc) is 1.81. The Bertz CT molecular complexity index is 182. The molecule has 1 N–H and O–H groups in total. The summed E-state index contributed by atoms with van der Waals surface area (Å²) in [6, 6.07) is 0. The highest BCUT2D eigenvalue weighted by molar-refractivity contribution is 6.39. The van der Waals surface area contributed by atoms with Crippen molar-refractivity contribution in [3.8, 4) is 0 Å². The van der Waals surface area contributed by atoms with Gasteiger partial charge in [0, 0.05) is 13.3 Å². The van der Waals surface area contributed by atoms with Gasteiger partial charge in [0.05, 0.1) is 0 Å². The molecule has 10 heavy (non-hydrogen) atoms. The van der Waals surface area contributed by atoms with Gasteiger partial charge in [-0.25, -0.2) is 0 Å². The first-order valence-electron chi connectivity index (χ1n) is 2.94. The van der Waals surface area contributed by atoms with Crippen molar-refractivity contribution in [2.75, 3.05) is 0 Å². The molecule has 0 amide bonds. The molecule has 0 fully saturated rings. The maximum atomic E-state index is 10.6. The molecule has 0 spiro atoms. The van der Waals surface area contributed by atoms with Crippen LogP contribution in [0.25, 0.3) is 0 Å². The van der Waals surface area contributed by atoms with Gasteiger partial charge in [0.15, 0.2) is 5.78 Å². The van der Waals surface area contributed by atoms with E-state index in [0.717, 1.165) is 5.57 Å². The minimum absolute atomic E-state index is 0.160. The minimum atomic E-state index is -0.217. The zero-order chi connectivity index (χ0) is 8.15. The lowest BCUT2D eigenvalue weighted by Gasteiger charge is -1.96. The van der Waals surface area contributed by atoms with E-state index < -0.39 is 0 Å². The molecule has 0 aliphatic rings. The van der Waals surface area contributed by atoms with Gasteiger partial charge in [0.25, 0.3) is 0 Å². The number of Topliss-reactive ketones (excluding diaryl/α,β-unsaturated/α-hetero) is 1. The normalized spacial score (nSPS) is 11.2. The Balaban J connectivity index is 4.12. The molecule has 0 saturated heterocycles. The Morgan fingerprint density at radius 1 is 1.60 bits per heavy atom. The lowest BCUT2D eigenvalue weighted by Crippen LogP contribution is -2.09. The number of oxime groups is 1. The van der Waals surface area contributed by atoms with Gasteiger partial charge in [-0.15, -0.1) is 0 Å². The highest BCUT2D eigenvalue weighted by atomic mass is 16.4. The summed E-state index contributed by atoms with van der Waals surface area (Å²) in [6.07, 6.45) is 0.353. The van der Waals surface area contributed by atoms with Crippen LogP contribution in [0.4, 0.5) is 0 Å². The van der Waals surface area contributed by atoms with E-state index in [1.54, 1.807) is 6.92 Å². The first-order chi connectivity index (χ1) is 4.57. The highest BCUT2D eigenvalue weighted by Gasteiger charge is 2.05. The van der Waals surface area contributed by atoms with E-state index in [1.165, 1.54) is 6.92 Å². The summed E-state index contributed by atoms with van der Waals surface area (Å²) in [5, 5.41) is 11.1. The fourth-order valence-electron chi connectivity index (χ4n) is 0.516. The van der Waals surface area contributed by atoms with Crippen LogP contribution in [0.1, 0.15) is 20.3 Å². The van der Waals surface area contributed by atoms with Crippen molar-refractivity contribution < 1.29 is 10.0 Å². The van der Waals surface area contributed by atoms with Crippen molar-refractivity contribution in [3.05, 3.63) is 12.2 Å². The van der Waals surface area contributed by atoms with Crippen molar-refractivity contribution in [1.82, 2.24) is 0 Å². The fraction of sp³-hybridized carbons (Fsp3) is 0.429. The maximum absolute atomic E-state index is 10.6. The Kier molecular flexibility index (Phi) is 3.39. The van der Waals surface area contributed by atoms with E-state index >= 15 is 0 Å². The smallest absolute Gasteiger partial charge is 0.177 e. The van der Waals surface area contributed by atoms with Crippen LogP contribution in [0.2, 0.25) is 0 Å². The molecule has 0 aliphatic heterocycles. The Hall–Kier alpha value is -1.12. The van der Waals surface area contributed by atoms with Gasteiger partial charge in [-0.3, -0.25) is 4.79 Å². The second kappa shape index (κ2) is 3.82. The Morgan fingerprint density at radius 2 is 2.10 bits per heavy atom. The van der Waals surface area contributed by atoms with Gasteiger partial charge < -0.3 is 5.21 Å². The van der Waals surface area contributed by atoms with Gasteiger partial charge >= 0.3 is 0 Å². The van der Waals surface area contributed by atoms with Crippen LogP contribution < -0.4 is 0 Å². The van der Waals surface area contributed by atoms with Crippen LogP contribution in [-0.4, -0.2) is 16.7 Å². The summed E-state index contributed by atoms with van der Waals surface area (Å²) in [7, 11) is 0. The number of hydrogen-bond donors (Lipinski definition) is 1. The minimum Gasteiger partial charge on any atom is -0.411 e. The first-order valence-corrected chi connectivity index (χ1v) is 2.94. The summed E-state index contributed by atoms with van der Waals surface area (Å²) in [6.45, 7) is 6.71. The second-order valence-electron chi connectivity index (χ2n) is 2.24. The number of ketones is 1. The third kappa shape index (κ3) is 3.02. The van der Waals surface area contributed by atoms with E-state index in [1.807, 2.05) is 0 Å². The zero-order valence-electron chi connectivity index (χ0n) is 6.22. The van der Waals surface area contributed by atoms with E-state index in [0.29, 0.717) is 6.42 Å². The Morgan fingerprint density at radius 3 is 2.20 bits per heavy atom. The SMILES string of the molecule is C=C(C)CC(=NO)C(C)=O. The molecule has 0 unspecified atom stereocenters. The van der Waals surface area contributed by atoms with Crippen molar-refractivity contribution in [3.63, 3.8) is 0 Å². The summed E-state index contributed by atoms with van der Waals surface area (Å²) in [4.78, 5) is 10.6. The predicted octanol–water partition coefficient (Wildman–Crippen LogP) is 1.37. The molecule has 0 bridgehead atoms. The molecule has 0 aromatic carbocycles. The number of carbonyl (C=O) groups excluding carboxylic acids is 1. The molecule has 0 aromatic heterocycles. The summed E-state index contributed by atoms with van der Waals surface area (Å²) < 4.78 is 0. The number of carbonyl (C=O) groups is 1. The molecule has 0 saturated carbocycles. The van der Waals surface area contributed by atoms with Crippen LogP contribution in [0.15, 0.2) is 17.3 Å². The number of allylic oxidation sites excluding steroid dienone is 1. The second-order valence-corrected chi connectivity index (χ2v) is 2.24. The van der Waals surface area contributed by atoms with Crippen molar-refractivity contribution in [1.29, 1.82) is 0 Å². The Labute approximate surface area is 60.0 Å². The largest absolute Gasteiger partial charge is 0.411 e. The summed E-state index contributed by atoms with van der Waals surface area (Å²) in [5.74, 6) is -0.217. The van der Waals surface area contributed by atoms with Crippen LogP contribution >= 0.6 is 0 Å². The van der Waals surface area contributed by atoms with E-state index in [-0.39, 0.29) is 11.5 Å². The fourth-order valence-corrected chi connectivity index (χ4v) is 0.516. The van der Waals surface area contributed by atoms with Gasteiger partial charge in [-0.05, 0) is 6.92 Å². The summed E-state index contributed by atoms with van der Waals surface area (Å²) >= 11 is 0. The standard InChI is InChI=1S/C7H11NO2/c1-5(2)4-7(8-10)6(3)9/h10H,1,4H2,2-3H3. The van der Waals surface area contributed by atoms with Gasteiger partial charge in [0.1, 0.15) is 5.71 Å². The molecule has 3 heteroatoms. The molecule has 3 nitrogen and oxygen atoms in total. The first kappa shape index (κ1) is 8.88. The molecule has 0 heterocycles. The van der Waals surface area contributed by atoms with Crippen molar-refractivity contribution in [2.24, 2.45) is 5.16 Å². The van der Waals surface area contributed by atoms with E-state index in [9.17, 15) is 4.79 Å². The van der Waals surface area contributed by atoms with Gasteiger partial charge in [-0.2, -0.15) is 0 Å². The number of nitrogens with zero attached hydrogens (tertiary/aromatic N) is 1. The molecule has 0 aliphatic carbocycles. The predicted molar refractivity (Wildman–Crippen MR) is 39.3 cm³/mol. The molecule has 0 atom stereocenters. The molecule has 0 rings (SSSR count). The molecular weight excluding hydrogens is 130 g/mol. The third-order valence-corrected chi connectivity index (χ3v) is 0.996. The highest BCUT2D eigenvalue weighted by Crippen LogP contribution is 1.98. The van der Waals surface area contributed by atoms with Gasteiger partial charge in [0.2, 0.25) is 0 Å². The topological polar surface area (TPSA) is 49.7 Å². The third-order valence-electron chi connectivity index (χ3n) is 0.996. The number of rotatable bonds is 3. The molecule has 0 radical (unpaired) electrons. The van der Waals surface area contributed by atoms with E-state index in [4.69, 9.17) is 5.21 Å². The lowest BCUT2D eigenvalue weighted by atomic mass is 10.1. The van der Waals surface area contributed by atoms with Crippen LogP contribution in [-0.2, 0) is 4.79 Å². The number of hydrogen-bond acceptors (Lipinski definition) is 3. The quantitative estimate of drug-likeness (QED) is 0.279. The molecule has 56 valence electrons. The maximum Gasteiger partial charge on any atom is 0.177 e.